The van der Waals surface area contributed by atoms with Gasteiger partial charge in [-0.25, -0.2) is 19.4 Å². The molecule has 0 saturated carbocycles. The number of fused-ring (bicyclic) bond motifs is 6. The van der Waals surface area contributed by atoms with Gasteiger partial charge in [-0.05, 0) is 94.7 Å². The van der Waals surface area contributed by atoms with Gasteiger partial charge in [0.05, 0.1) is 12.1 Å². The topological polar surface area (TPSA) is 96.5 Å². The summed E-state index contributed by atoms with van der Waals surface area (Å²) >= 11 is 0. The standard InChI is InChI=1S/C24H32N2O3Si.C21H27NO3Si/c1-24(2,3)29-23(28)26-21-17-11-9-10-16(12-13-30(6,7)8)18(17)14-19(21)20(22(26)27)15-25(4)5;1-21(2,3)25-20(24)22-18(23)13-15-12-17-14(10-11-26(4,5)6)8-7-9-16(17)19(15)22/h9-11,15,19,21H,14H2,1-8H3;7-9,15,19H,12-13H2,1-6H3/b20-15-;. The number of ether oxygens (including phenoxy) is 2. The molecule has 0 spiro atoms. The van der Waals surface area contributed by atoms with Crippen LogP contribution in [0.2, 0.25) is 39.3 Å². The summed E-state index contributed by atoms with van der Waals surface area (Å²) in [5, 5.41) is 0. The Morgan fingerprint density at radius 2 is 1.18 bits per heavy atom. The molecule has 4 atom stereocenters. The Balaban J connectivity index is 0.000000216. The van der Waals surface area contributed by atoms with E-state index in [0.29, 0.717) is 18.4 Å². The summed E-state index contributed by atoms with van der Waals surface area (Å²) in [6.45, 7) is 24.2. The minimum absolute atomic E-state index is 0.0859. The Morgan fingerprint density at radius 3 is 1.64 bits per heavy atom. The fourth-order valence-corrected chi connectivity index (χ4v) is 8.66. The van der Waals surface area contributed by atoms with E-state index in [0.717, 1.165) is 34.2 Å². The first-order valence-electron chi connectivity index (χ1n) is 19.5. The lowest BCUT2D eigenvalue weighted by atomic mass is 9.97. The monoisotopic (exact) mass is 793 g/mol. The molecule has 0 bridgehead atoms. The van der Waals surface area contributed by atoms with E-state index < -0.39 is 39.5 Å². The van der Waals surface area contributed by atoms with Crippen LogP contribution in [0, 0.1) is 34.8 Å². The van der Waals surface area contributed by atoms with E-state index in [9.17, 15) is 19.2 Å². The Morgan fingerprint density at radius 1 is 0.714 bits per heavy atom. The van der Waals surface area contributed by atoms with Gasteiger partial charge < -0.3 is 14.4 Å². The largest absolute Gasteiger partial charge is 0.443 e. The first-order chi connectivity index (χ1) is 25.7. The Labute approximate surface area is 336 Å². The van der Waals surface area contributed by atoms with Crippen molar-refractivity contribution in [3.63, 3.8) is 0 Å². The van der Waals surface area contributed by atoms with Crippen LogP contribution in [0.25, 0.3) is 0 Å². The molecule has 2 saturated heterocycles. The molecular formula is C45H59N3O6Si2. The van der Waals surface area contributed by atoms with E-state index in [1.165, 1.54) is 15.4 Å². The molecule has 2 heterocycles. The van der Waals surface area contributed by atoms with Gasteiger partial charge in [0.2, 0.25) is 5.91 Å². The highest BCUT2D eigenvalue weighted by Gasteiger charge is 2.53. The molecule has 2 aromatic rings. The first-order valence-corrected chi connectivity index (χ1v) is 26.5. The number of carbonyl (C=O) groups excluding carboxylic acids is 4. The number of nitrogens with zero attached hydrogens (tertiary/aromatic N) is 3. The number of imide groups is 2. The van der Waals surface area contributed by atoms with Gasteiger partial charge in [-0.15, -0.1) is 11.1 Å². The molecule has 4 aliphatic rings. The molecule has 9 nitrogen and oxygen atoms in total. The van der Waals surface area contributed by atoms with Gasteiger partial charge in [-0.2, -0.15) is 0 Å². The number of carbonyl (C=O) groups is 4. The van der Waals surface area contributed by atoms with Crippen LogP contribution in [0.1, 0.15) is 93.4 Å². The summed E-state index contributed by atoms with van der Waals surface area (Å²) in [5.41, 5.74) is 12.6. The quantitative estimate of drug-likeness (QED) is 0.162. The van der Waals surface area contributed by atoms with E-state index >= 15 is 0 Å². The van der Waals surface area contributed by atoms with Crippen LogP contribution in [-0.2, 0) is 31.9 Å². The molecule has 0 aromatic heterocycles. The van der Waals surface area contributed by atoms with Crippen molar-refractivity contribution in [1.29, 1.82) is 0 Å². The van der Waals surface area contributed by atoms with Crippen molar-refractivity contribution in [2.24, 2.45) is 11.8 Å². The van der Waals surface area contributed by atoms with Crippen molar-refractivity contribution in [3.8, 4) is 22.9 Å². The number of rotatable bonds is 1. The zero-order valence-corrected chi connectivity index (χ0v) is 37.8. The molecule has 4 amide bonds. The van der Waals surface area contributed by atoms with E-state index in [-0.39, 0.29) is 35.7 Å². The van der Waals surface area contributed by atoms with Crippen molar-refractivity contribution in [2.75, 3.05) is 14.1 Å². The lowest BCUT2D eigenvalue weighted by Gasteiger charge is -2.27. The van der Waals surface area contributed by atoms with Gasteiger partial charge in [0.15, 0.2) is 0 Å². The zero-order chi connectivity index (χ0) is 41.7. The maximum atomic E-state index is 13.2. The third-order valence-corrected chi connectivity index (χ3v) is 11.4. The van der Waals surface area contributed by atoms with E-state index in [1.54, 1.807) is 0 Å². The smallest absolute Gasteiger partial charge is 0.417 e. The van der Waals surface area contributed by atoms with Crippen molar-refractivity contribution in [2.45, 2.75) is 123 Å². The maximum Gasteiger partial charge on any atom is 0.417 e. The number of benzene rings is 2. The summed E-state index contributed by atoms with van der Waals surface area (Å²) in [4.78, 5) is 55.9. The zero-order valence-electron chi connectivity index (χ0n) is 35.8. The molecule has 2 aliphatic heterocycles. The third kappa shape index (κ3) is 9.67. The van der Waals surface area contributed by atoms with Crippen LogP contribution in [0.15, 0.2) is 48.2 Å². The van der Waals surface area contributed by atoms with E-state index in [1.807, 2.05) is 103 Å². The molecule has 2 aromatic carbocycles. The van der Waals surface area contributed by atoms with Crippen molar-refractivity contribution in [3.05, 3.63) is 81.6 Å². The Hall–Kier alpha value is -4.59. The second kappa shape index (κ2) is 15.4. The minimum atomic E-state index is -1.52. The summed E-state index contributed by atoms with van der Waals surface area (Å²) in [6.07, 6.45) is 2.59. The molecular weight excluding hydrogens is 735 g/mol. The van der Waals surface area contributed by atoms with Crippen molar-refractivity contribution < 1.29 is 28.7 Å². The summed E-state index contributed by atoms with van der Waals surface area (Å²) in [5.74, 6) is 6.38. The normalized spacial score (nSPS) is 21.8. The van der Waals surface area contributed by atoms with Crippen LogP contribution < -0.4 is 0 Å². The molecule has 0 N–H and O–H groups in total. The summed E-state index contributed by atoms with van der Waals surface area (Å²) in [7, 11) is 0.781. The molecule has 11 heteroatoms. The molecule has 298 valence electrons. The SMILES string of the molecule is CC(C)(C)OC(=O)N1C(=O)CC2Cc3c(C#C[Si](C)(C)C)cccc3C21.CN(C)/C=C1\C(=O)N(C(=O)OC(C)(C)C)C2c3cccc(C#C[Si](C)(C)C)c3CC12. The Bertz CT molecular complexity index is 2090. The maximum absolute atomic E-state index is 13.2. The molecule has 2 aliphatic carbocycles. The van der Waals surface area contributed by atoms with Crippen LogP contribution in [0.4, 0.5) is 9.59 Å². The highest BCUT2D eigenvalue weighted by molar-refractivity contribution is 6.84. The molecule has 0 radical (unpaired) electrons. The Kier molecular flexibility index (Phi) is 11.7. The van der Waals surface area contributed by atoms with Gasteiger partial charge in [0.25, 0.3) is 5.91 Å². The number of hydrogen-bond acceptors (Lipinski definition) is 7. The molecule has 56 heavy (non-hydrogen) atoms. The van der Waals surface area contributed by atoms with E-state index in [2.05, 4.69) is 62.2 Å². The van der Waals surface area contributed by atoms with Crippen LogP contribution in [-0.4, -0.2) is 80.1 Å². The number of likely N-dealkylation sites (tertiary alicyclic amines) is 2. The highest BCUT2D eigenvalue weighted by atomic mass is 28.3. The fraction of sp³-hybridized carbons (Fsp3) is 0.511. The fourth-order valence-electron chi connectivity index (χ4n) is 7.64. The first kappa shape index (κ1) is 42.6. The predicted molar refractivity (Wildman–Crippen MR) is 226 cm³/mol. The summed E-state index contributed by atoms with van der Waals surface area (Å²) < 4.78 is 11.1. The molecule has 4 unspecified atom stereocenters. The van der Waals surface area contributed by atoms with Crippen LogP contribution in [0.5, 0.6) is 0 Å². The number of hydrogen-bond donors (Lipinski definition) is 0. The van der Waals surface area contributed by atoms with Gasteiger partial charge in [-0.1, -0.05) is 75.4 Å². The van der Waals surface area contributed by atoms with E-state index in [4.69, 9.17) is 9.47 Å². The second-order valence-electron chi connectivity index (χ2n) is 19.6. The minimum Gasteiger partial charge on any atom is -0.443 e. The second-order valence-corrected chi connectivity index (χ2v) is 29.1. The van der Waals surface area contributed by atoms with Gasteiger partial charge in [-0.3, -0.25) is 9.59 Å². The van der Waals surface area contributed by atoms with Crippen molar-refractivity contribution in [1.82, 2.24) is 14.7 Å². The predicted octanol–water partition coefficient (Wildman–Crippen LogP) is 8.65. The van der Waals surface area contributed by atoms with Gasteiger partial charge in [0, 0.05) is 49.3 Å². The lowest BCUT2D eigenvalue weighted by Crippen LogP contribution is -2.39. The number of amides is 4. The van der Waals surface area contributed by atoms with Crippen LogP contribution in [0.3, 0.4) is 0 Å². The average molecular weight is 794 g/mol. The van der Waals surface area contributed by atoms with Crippen LogP contribution >= 0.6 is 0 Å². The van der Waals surface area contributed by atoms with Gasteiger partial charge in [0.1, 0.15) is 27.3 Å². The molecule has 6 rings (SSSR count). The van der Waals surface area contributed by atoms with Crippen molar-refractivity contribution >= 4 is 40.1 Å². The van der Waals surface area contributed by atoms with Gasteiger partial charge >= 0.3 is 12.2 Å². The summed E-state index contributed by atoms with van der Waals surface area (Å²) in [6, 6.07) is 11.5. The average Bonchev–Trinajstić information content (AvgIpc) is 3.74. The lowest BCUT2D eigenvalue weighted by molar-refractivity contribution is -0.128. The molecule has 2 fully saturated rings. The highest BCUT2D eigenvalue weighted by Crippen LogP contribution is 2.51. The third-order valence-electron chi connectivity index (χ3n) is 9.63.